The zero-order chi connectivity index (χ0) is 15.0. The SMILES string of the molecule is [2H]C(C)(C)C1([2H])C([2H])([2H])C([2H])([2H])C([2H])(C)C1([2H])[2H]. The smallest absolute Gasteiger partial charge is 0.0305 e. The molecule has 1 rings (SSSR count). The molecule has 0 aromatic carbocycles. The summed E-state index contributed by atoms with van der Waals surface area (Å²) in [5, 5.41) is 0. The van der Waals surface area contributed by atoms with Gasteiger partial charge >= 0.3 is 0 Å². The molecule has 0 heterocycles. The molecule has 0 nitrogen and oxygen atoms in total. The van der Waals surface area contributed by atoms with Crippen molar-refractivity contribution in [2.45, 2.75) is 39.9 Å². The molecule has 1 aliphatic rings. The lowest BCUT2D eigenvalue weighted by Crippen LogP contribution is -2.02. The Balaban J connectivity index is 3.75. The molecule has 1 saturated carbocycles. The van der Waals surface area contributed by atoms with Gasteiger partial charge in [-0.1, -0.05) is 27.1 Å². The van der Waals surface area contributed by atoms with Crippen LogP contribution in [-0.2, 0) is 0 Å². The van der Waals surface area contributed by atoms with Crippen LogP contribution in [0.15, 0.2) is 0 Å². The molecule has 0 amide bonds. The first-order valence-electron chi connectivity index (χ1n) is 7.50. The van der Waals surface area contributed by atoms with Gasteiger partial charge < -0.3 is 0 Å². The Bertz CT molecular complexity index is 337. The van der Waals surface area contributed by atoms with Gasteiger partial charge in [0.25, 0.3) is 0 Å². The zero-order valence-corrected chi connectivity index (χ0v) is 6.00. The standard InChI is InChI=1S/C9H18/c1-7(2)9-5-4-8(3)6-9/h7-9H,4-6H2,1-3H3/i4D2,5D2,6D2,7D,8D,9D. The molecule has 0 heteroatoms. The Morgan fingerprint density at radius 2 is 2.33 bits per heavy atom. The van der Waals surface area contributed by atoms with E-state index in [1.54, 1.807) is 0 Å². The van der Waals surface area contributed by atoms with E-state index in [2.05, 4.69) is 0 Å². The molecule has 0 aromatic rings. The summed E-state index contributed by atoms with van der Waals surface area (Å²) in [4.78, 5) is 0. The number of hydrogen-bond donors (Lipinski definition) is 0. The monoisotopic (exact) mass is 135 g/mol. The quantitative estimate of drug-likeness (QED) is 0.518. The van der Waals surface area contributed by atoms with Crippen molar-refractivity contribution < 1.29 is 12.3 Å². The summed E-state index contributed by atoms with van der Waals surface area (Å²) in [5.41, 5.74) is 0. The summed E-state index contributed by atoms with van der Waals surface area (Å²) in [5.74, 6) is -7.04. The van der Waals surface area contributed by atoms with Gasteiger partial charge in [0, 0.05) is 12.3 Å². The van der Waals surface area contributed by atoms with Crippen molar-refractivity contribution >= 4 is 0 Å². The molecule has 0 saturated heterocycles. The largest absolute Gasteiger partial charge is 0.0625 e. The van der Waals surface area contributed by atoms with Gasteiger partial charge in [-0.15, -0.1) is 0 Å². The third-order valence-corrected chi connectivity index (χ3v) is 1.19. The Morgan fingerprint density at radius 3 is 2.56 bits per heavy atom. The van der Waals surface area contributed by atoms with Crippen LogP contribution in [0.4, 0.5) is 0 Å². The normalized spacial score (nSPS) is 85.0. The lowest BCUT2D eigenvalue weighted by Gasteiger charge is -2.12. The molecule has 9 heavy (non-hydrogen) atoms. The zero-order valence-electron chi connectivity index (χ0n) is 15.0. The topological polar surface area (TPSA) is 0 Å². The molecule has 0 N–H and O–H groups in total. The van der Waals surface area contributed by atoms with Crippen molar-refractivity contribution in [2.75, 3.05) is 0 Å². The van der Waals surface area contributed by atoms with E-state index in [1.165, 1.54) is 13.8 Å². The minimum atomic E-state index is -2.95. The second-order valence-electron chi connectivity index (χ2n) is 2.38. The Labute approximate surface area is 71.3 Å². The first-order chi connectivity index (χ1) is 7.50. The molecule has 1 fully saturated rings. The van der Waals surface area contributed by atoms with Gasteiger partial charge in [0.05, 0.1) is 0 Å². The highest BCUT2D eigenvalue weighted by Crippen LogP contribution is 2.34. The lowest BCUT2D eigenvalue weighted by molar-refractivity contribution is 0.384. The second kappa shape index (κ2) is 2.72. The fourth-order valence-electron chi connectivity index (χ4n) is 0.656. The molecule has 2 atom stereocenters. The first kappa shape index (κ1) is 1.78. The van der Waals surface area contributed by atoms with Crippen LogP contribution in [0.2, 0.25) is 0 Å². The third-order valence-electron chi connectivity index (χ3n) is 1.19. The van der Waals surface area contributed by atoms with E-state index in [4.69, 9.17) is 12.3 Å². The van der Waals surface area contributed by atoms with E-state index >= 15 is 0 Å². The summed E-state index contributed by atoms with van der Waals surface area (Å²) in [6.45, 7) is 3.30. The van der Waals surface area contributed by atoms with Gasteiger partial charge in [0.1, 0.15) is 0 Å². The Hall–Kier alpha value is 0. The van der Waals surface area contributed by atoms with Gasteiger partial charge in [-0.25, -0.2) is 0 Å². The minimum absolute atomic E-state index is 0.951. The predicted octanol–water partition coefficient (Wildman–Crippen LogP) is 3.08. The fraction of sp³-hybridized carbons (Fsp3) is 1.00. The molecule has 0 spiro atoms. The Kier molecular flexibility index (Phi) is 0.538. The Morgan fingerprint density at radius 1 is 1.67 bits per heavy atom. The molecular formula is C9H18. The third kappa shape index (κ3) is 1.70. The van der Waals surface area contributed by atoms with Crippen molar-refractivity contribution in [3.05, 3.63) is 0 Å². The van der Waals surface area contributed by atoms with Crippen LogP contribution in [-0.4, -0.2) is 0 Å². The van der Waals surface area contributed by atoms with Gasteiger partial charge in [-0.3, -0.25) is 0 Å². The van der Waals surface area contributed by atoms with Crippen LogP contribution in [0.3, 0.4) is 0 Å². The van der Waals surface area contributed by atoms with Gasteiger partial charge in [-0.05, 0) is 30.4 Å². The summed E-state index contributed by atoms with van der Waals surface area (Å²) in [6, 6.07) is 0. The van der Waals surface area contributed by atoms with E-state index in [0.717, 1.165) is 6.92 Å². The highest BCUT2D eigenvalue weighted by molar-refractivity contribution is 4.74. The summed E-state index contributed by atoms with van der Waals surface area (Å²) < 4.78 is 70.9. The molecule has 0 aliphatic heterocycles. The maximum absolute atomic E-state index is 8.15. The highest BCUT2D eigenvalue weighted by atomic mass is 14.3. The van der Waals surface area contributed by atoms with Gasteiger partial charge in [0.2, 0.25) is 0 Å². The van der Waals surface area contributed by atoms with Crippen LogP contribution >= 0.6 is 0 Å². The molecule has 2 unspecified atom stereocenters. The molecule has 0 bridgehead atoms. The number of hydrogen-bond acceptors (Lipinski definition) is 0. The van der Waals surface area contributed by atoms with E-state index in [0.29, 0.717) is 0 Å². The van der Waals surface area contributed by atoms with E-state index in [9.17, 15) is 0 Å². The van der Waals surface area contributed by atoms with Crippen molar-refractivity contribution in [2.24, 2.45) is 17.7 Å². The molecule has 1 aliphatic carbocycles. The van der Waals surface area contributed by atoms with Crippen molar-refractivity contribution in [1.82, 2.24) is 0 Å². The number of rotatable bonds is 1. The summed E-state index contributed by atoms with van der Waals surface area (Å²) in [6.07, 6.45) is -8.63. The maximum atomic E-state index is 8.15. The second-order valence-corrected chi connectivity index (χ2v) is 2.38. The predicted molar refractivity (Wildman–Crippen MR) is 41.3 cm³/mol. The molecule has 0 radical (unpaired) electrons. The molecule has 0 aromatic heterocycles. The lowest BCUT2D eigenvalue weighted by atomic mass is 9.94. The van der Waals surface area contributed by atoms with Crippen molar-refractivity contribution in [1.29, 1.82) is 0 Å². The summed E-state index contributed by atoms with van der Waals surface area (Å²) in [7, 11) is 0. The first-order valence-corrected chi connectivity index (χ1v) is 3.00. The van der Waals surface area contributed by atoms with Crippen LogP contribution in [0.1, 0.15) is 52.2 Å². The maximum Gasteiger partial charge on any atom is 0.0305 e. The van der Waals surface area contributed by atoms with Crippen molar-refractivity contribution in [3.8, 4) is 0 Å². The van der Waals surface area contributed by atoms with Crippen LogP contribution in [0, 0.1) is 17.7 Å². The van der Waals surface area contributed by atoms with E-state index in [-0.39, 0.29) is 0 Å². The van der Waals surface area contributed by atoms with Gasteiger partial charge in [-0.2, -0.15) is 0 Å². The van der Waals surface area contributed by atoms with Gasteiger partial charge in [0.15, 0.2) is 0 Å². The van der Waals surface area contributed by atoms with Crippen LogP contribution < -0.4 is 0 Å². The minimum Gasteiger partial charge on any atom is -0.0625 e. The molecule has 54 valence electrons. The molecular weight excluding hydrogens is 108 g/mol. The average molecular weight is 135 g/mol. The van der Waals surface area contributed by atoms with Crippen molar-refractivity contribution in [3.63, 3.8) is 0 Å². The fourth-order valence-corrected chi connectivity index (χ4v) is 0.656. The average Bonchev–Trinajstić information content (AvgIpc) is 2.16. The van der Waals surface area contributed by atoms with Crippen LogP contribution in [0.25, 0.3) is 0 Å². The van der Waals surface area contributed by atoms with E-state index in [1.807, 2.05) is 0 Å². The van der Waals surface area contributed by atoms with E-state index < -0.39 is 36.8 Å². The summed E-state index contributed by atoms with van der Waals surface area (Å²) >= 11 is 0. The highest BCUT2D eigenvalue weighted by Gasteiger charge is 2.23. The van der Waals surface area contributed by atoms with Crippen LogP contribution in [0.5, 0.6) is 0 Å².